The summed E-state index contributed by atoms with van der Waals surface area (Å²) in [5.41, 5.74) is 1.39. The molecular weight excluding hydrogens is 356 g/mol. The van der Waals surface area contributed by atoms with Gasteiger partial charge in [-0.05, 0) is 51.7 Å². The third kappa shape index (κ3) is 7.03. The van der Waals surface area contributed by atoms with Crippen LogP contribution in [0.3, 0.4) is 0 Å². The van der Waals surface area contributed by atoms with Crippen molar-refractivity contribution in [2.24, 2.45) is 4.99 Å². The molecule has 0 spiro atoms. The van der Waals surface area contributed by atoms with Crippen LogP contribution in [0.2, 0.25) is 0 Å². The van der Waals surface area contributed by atoms with Crippen molar-refractivity contribution in [3.05, 3.63) is 35.4 Å². The minimum absolute atomic E-state index is 0.00311. The Morgan fingerprint density at radius 1 is 1.32 bits per heavy atom. The van der Waals surface area contributed by atoms with Gasteiger partial charge in [0.2, 0.25) is 0 Å². The predicted molar refractivity (Wildman–Crippen MR) is 111 cm³/mol. The Bertz CT molecular complexity index is 670. The van der Waals surface area contributed by atoms with Crippen LogP contribution in [0.4, 0.5) is 4.79 Å². The lowest BCUT2D eigenvalue weighted by molar-refractivity contribution is 0.0193. The lowest BCUT2D eigenvalue weighted by atomic mass is 10.1. The van der Waals surface area contributed by atoms with E-state index < -0.39 is 5.60 Å². The van der Waals surface area contributed by atoms with Gasteiger partial charge < -0.3 is 25.4 Å². The van der Waals surface area contributed by atoms with Crippen molar-refractivity contribution in [1.82, 2.24) is 15.5 Å². The van der Waals surface area contributed by atoms with Gasteiger partial charge in [0.1, 0.15) is 5.60 Å². The van der Waals surface area contributed by atoms with E-state index >= 15 is 0 Å². The highest BCUT2D eigenvalue weighted by Crippen LogP contribution is 2.15. The van der Waals surface area contributed by atoms with Crippen molar-refractivity contribution < 1.29 is 14.6 Å². The van der Waals surface area contributed by atoms with Crippen LogP contribution in [0.15, 0.2) is 29.3 Å². The second-order valence-electron chi connectivity index (χ2n) is 8.03. The van der Waals surface area contributed by atoms with E-state index in [0.29, 0.717) is 25.6 Å². The van der Waals surface area contributed by atoms with Crippen LogP contribution in [0, 0.1) is 0 Å². The third-order valence-corrected chi connectivity index (χ3v) is 4.45. The number of aliphatic hydroxyl groups is 1. The maximum Gasteiger partial charge on any atom is 0.410 e. The average Bonchev–Trinajstić information content (AvgIpc) is 2.65. The number of ether oxygens (including phenoxy) is 1. The second-order valence-corrected chi connectivity index (χ2v) is 8.03. The summed E-state index contributed by atoms with van der Waals surface area (Å²) in [7, 11) is 0. The van der Waals surface area contributed by atoms with E-state index in [1.54, 1.807) is 4.90 Å². The molecule has 1 saturated heterocycles. The second kappa shape index (κ2) is 10.3. The van der Waals surface area contributed by atoms with Gasteiger partial charge in [0.25, 0.3) is 0 Å². The molecule has 0 bridgehead atoms. The average molecular weight is 391 g/mol. The first kappa shape index (κ1) is 22.0. The van der Waals surface area contributed by atoms with Crippen LogP contribution in [-0.2, 0) is 17.9 Å². The standard InChI is InChI=1S/C21H34N4O3/c1-5-22-19(23-13-16-9-6-7-10-17(16)15-26)24-18-11-8-12-25(14-18)20(27)28-21(2,3)4/h6-7,9-10,18,26H,5,8,11-15H2,1-4H3,(H2,22,23,24). The van der Waals surface area contributed by atoms with Crippen LogP contribution < -0.4 is 10.6 Å². The quantitative estimate of drug-likeness (QED) is 0.532. The fourth-order valence-electron chi connectivity index (χ4n) is 3.13. The first-order chi connectivity index (χ1) is 13.3. The normalized spacial score (nSPS) is 18.0. The van der Waals surface area contributed by atoms with Gasteiger partial charge in [-0.25, -0.2) is 9.79 Å². The summed E-state index contributed by atoms with van der Waals surface area (Å²) in [4.78, 5) is 18.8. The van der Waals surface area contributed by atoms with Crippen molar-refractivity contribution >= 4 is 12.1 Å². The molecule has 3 N–H and O–H groups in total. The molecule has 1 aromatic rings. The van der Waals surface area contributed by atoms with Crippen LogP contribution in [-0.4, -0.2) is 53.3 Å². The topological polar surface area (TPSA) is 86.2 Å². The monoisotopic (exact) mass is 390 g/mol. The molecular formula is C21H34N4O3. The summed E-state index contributed by atoms with van der Waals surface area (Å²) in [5.74, 6) is 0.714. The number of piperidine rings is 1. The number of nitrogens with one attached hydrogen (secondary N) is 2. The van der Waals surface area contributed by atoms with Crippen molar-refractivity contribution in [1.29, 1.82) is 0 Å². The number of nitrogens with zero attached hydrogens (tertiary/aromatic N) is 2. The zero-order chi connectivity index (χ0) is 20.6. The summed E-state index contributed by atoms with van der Waals surface area (Å²) >= 11 is 0. The highest BCUT2D eigenvalue weighted by Gasteiger charge is 2.28. The van der Waals surface area contributed by atoms with Crippen molar-refractivity contribution in [2.75, 3.05) is 19.6 Å². The van der Waals surface area contributed by atoms with Crippen molar-refractivity contribution in [2.45, 2.75) is 65.3 Å². The highest BCUT2D eigenvalue weighted by molar-refractivity contribution is 5.80. The minimum Gasteiger partial charge on any atom is -0.444 e. The molecule has 1 heterocycles. The number of guanidine groups is 1. The fourth-order valence-corrected chi connectivity index (χ4v) is 3.13. The van der Waals surface area contributed by atoms with Gasteiger partial charge in [-0.15, -0.1) is 0 Å². The van der Waals surface area contributed by atoms with Crippen LogP contribution >= 0.6 is 0 Å². The Morgan fingerprint density at radius 2 is 2.04 bits per heavy atom. The van der Waals surface area contributed by atoms with E-state index in [1.807, 2.05) is 52.0 Å². The number of hydrogen-bond acceptors (Lipinski definition) is 4. The third-order valence-electron chi connectivity index (χ3n) is 4.45. The van der Waals surface area contributed by atoms with E-state index in [1.165, 1.54) is 0 Å². The summed E-state index contributed by atoms with van der Waals surface area (Å²) in [6.07, 6.45) is 1.62. The summed E-state index contributed by atoms with van der Waals surface area (Å²) in [5, 5.41) is 16.2. The van der Waals surface area contributed by atoms with E-state index in [0.717, 1.165) is 30.5 Å². The molecule has 0 aromatic heterocycles. The molecule has 1 aromatic carbocycles. The molecule has 1 fully saturated rings. The van der Waals surface area contributed by atoms with Gasteiger partial charge >= 0.3 is 6.09 Å². The zero-order valence-corrected chi connectivity index (χ0v) is 17.5. The molecule has 1 amide bonds. The highest BCUT2D eigenvalue weighted by atomic mass is 16.6. The van der Waals surface area contributed by atoms with Crippen LogP contribution in [0.5, 0.6) is 0 Å². The van der Waals surface area contributed by atoms with E-state index in [4.69, 9.17) is 4.74 Å². The molecule has 1 atom stereocenters. The van der Waals surface area contributed by atoms with Gasteiger partial charge in [0.05, 0.1) is 13.2 Å². The number of rotatable bonds is 5. The van der Waals surface area contributed by atoms with E-state index in [2.05, 4.69) is 15.6 Å². The number of benzene rings is 1. The predicted octanol–water partition coefficient (Wildman–Crippen LogP) is 2.63. The van der Waals surface area contributed by atoms with Crippen LogP contribution in [0.1, 0.15) is 51.7 Å². The minimum atomic E-state index is -0.492. The van der Waals surface area contributed by atoms with E-state index in [-0.39, 0.29) is 18.7 Å². The fraction of sp³-hybridized carbons (Fsp3) is 0.619. The molecule has 0 aliphatic carbocycles. The molecule has 28 heavy (non-hydrogen) atoms. The van der Waals surface area contributed by atoms with Crippen molar-refractivity contribution in [3.8, 4) is 0 Å². The molecule has 0 saturated carbocycles. The first-order valence-electron chi connectivity index (χ1n) is 10.0. The van der Waals surface area contributed by atoms with Gasteiger partial charge in [0.15, 0.2) is 5.96 Å². The van der Waals surface area contributed by atoms with Crippen LogP contribution in [0.25, 0.3) is 0 Å². The Morgan fingerprint density at radius 3 is 2.68 bits per heavy atom. The summed E-state index contributed by atoms with van der Waals surface area (Å²) < 4.78 is 5.50. The molecule has 156 valence electrons. The van der Waals surface area contributed by atoms with E-state index in [9.17, 15) is 9.90 Å². The number of hydrogen-bond donors (Lipinski definition) is 3. The Labute approximate surface area is 168 Å². The largest absolute Gasteiger partial charge is 0.444 e. The van der Waals surface area contributed by atoms with Gasteiger partial charge in [0, 0.05) is 25.7 Å². The lowest BCUT2D eigenvalue weighted by Gasteiger charge is -2.35. The number of carbonyl (C=O) groups excluding carboxylic acids is 1. The number of aliphatic hydroxyl groups excluding tert-OH is 1. The molecule has 1 aliphatic rings. The van der Waals surface area contributed by atoms with Gasteiger partial charge in [-0.1, -0.05) is 24.3 Å². The Kier molecular flexibility index (Phi) is 8.11. The SMILES string of the molecule is CCNC(=NCc1ccccc1CO)NC1CCCN(C(=O)OC(C)(C)C)C1. The number of aliphatic imine (C=N–C) groups is 1. The maximum atomic E-state index is 12.4. The van der Waals surface area contributed by atoms with Gasteiger partial charge in [-0.3, -0.25) is 0 Å². The molecule has 1 aliphatic heterocycles. The zero-order valence-electron chi connectivity index (χ0n) is 17.5. The number of likely N-dealkylation sites (tertiary alicyclic amines) is 1. The molecule has 7 nitrogen and oxygen atoms in total. The molecule has 7 heteroatoms. The smallest absolute Gasteiger partial charge is 0.410 e. The number of carbonyl (C=O) groups is 1. The summed E-state index contributed by atoms with van der Waals surface area (Å²) in [6.45, 7) is 10.2. The molecule has 0 radical (unpaired) electrons. The lowest BCUT2D eigenvalue weighted by Crippen LogP contribution is -2.53. The molecule has 1 unspecified atom stereocenters. The summed E-state index contributed by atoms with van der Waals surface area (Å²) in [6, 6.07) is 7.86. The maximum absolute atomic E-state index is 12.4. The van der Waals surface area contributed by atoms with Gasteiger partial charge in [-0.2, -0.15) is 0 Å². The molecule has 2 rings (SSSR count). The Hall–Kier alpha value is -2.28. The first-order valence-corrected chi connectivity index (χ1v) is 10.0. The van der Waals surface area contributed by atoms with Crippen molar-refractivity contribution in [3.63, 3.8) is 0 Å². The number of amides is 1. The Balaban J connectivity index is 1.99.